The van der Waals surface area contributed by atoms with Gasteiger partial charge in [0.25, 0.3) is 0 Å². The fourth-order valence-corrected chi connectivity index (χ4v) is 4.03. The van der Waals surface area contributed by atoms with Gasteiger partial charge in [0.05, 0.1) is 22.7 Å². The van der Waals surface area contributed by atoms with Gasteiger partial charge in [-0.2, -0.15) is 0 Å². The van der Waals surface area contributed by atoms with Crippen LogP contribution in [0.3, 0.4) is 0 Å². The average molecular weight is 356 g/mol. The molecule has 0 aliphatic carbocycles. The minimum absolute atomic E-state index is 0.0401. The lowest BCUT2D eigenvalue weighted by molar-refractivity contribution is 0.0697. The molecule has 0 bridgehead atoms. The molecule has 1 aromatic rings. The minimum Gasteiger partial charge on any atom is -0.478 e. The molecule has 0 aliphatic heterocycles. The fourth-order valence-electron chi connectivity index (χ4n) is 1.72. The van der Waals surface area contributed by atoms with Crippen molar-refractivity contribution in [3.8, 4) is 0 Å². The second-order valence-corrected chi connectivity index (χ2v) is 7.46. The number of benzene rings is 1. The van der Waals surface area contributed by atoms with E-state index in [0.717, 1.165) is 12.1 Å². The lowest BCUT2D eigenvalue weighted by Crippen LogP contribution is -2.46. The zero-order valence-corrected chi connectivity index (χ0v) is 13.9. The average Bonchev–Trinajstić information content (AvgIpc) is 2.29. The Kier molecular flexibility index (Phi) is 5.63. The Balaban J connectivity index is 3.36. The Morgan fingerprint density at radius 1 is 1.38 bits per heavy atom. The molecule has 0 aliphatic rings. The van der Waals surface area contributed by atoms with Crippen molar-refractivity contribution in [2.45, 2.75) is 24.3 Å². The number of carbonyl (C=O) groups is 1. The first-order valence-corrected chi connectivity index (χ1v) is 7.99. The highest BCUT2D eigenvalue weighted by Gasteiger charge is 2.30. The number of methoxy groups -OCH3 is 1. The molecule has 6 nitrogen and oxygen atoms in total. The van der Waals surface area contributed by atoms with Crippen LogP contribution in [0.15, 0.2) is 17.0 Å². The van der Waals surface area contributed by atoms with Gasteiger partial charge in [-0.15, -0.1) is 0 Å². The van der Waals surface area contributed by atoms with Crippen molar-refractivity contribution in [3.63, 3.8) is 0 Å². The van der Waals surface area contributed by atoms with E-state index in [1.165, 1.54) is 7.11 Å². The lowest BCUT2D eigenvalue weighted by Gasteiger charge is -2.25. The van der Waals surface area contributed by atoms with Gasteiger partial charge >= 0.3 is 5.97 Å². The maximum absolute atomic E-state index is 12.4. The highest BCUT2D eigenvalue weighted by Crippen LogP contribution is 2.30. The van der Waals surface area contributed by atoms with Gasteiger partial charge in [0.2, 0.25) is 10.0 Å². The number of rotatable bonds is 6. The topological polar surface area (TPSA) is 92.7 Å². The molecule has 0 spiro atoms. The number of carboxylic acids is 1. The van der Waals surface area contributed by atoms with Crippen LogP contribution in [-0.4, -0.2) is 38.7 Å². The van der Waals surface area contributed by atoms with E-state index in [0.29, 0.717) is 0 Å². The van der Waals surface area contributed by atoms with Gasteiger partial charge in [-0.3, -0.25) is 0 Å². The molecule has 21 heavy (non-hydrogen) atoms. The third-order valence-electron chi connectivity index (χ3n) is 2.44. The molecular weight excluding hydrogens is 341 g/mol. The van der Waals surface area contributed by atoms with Crippen LogP contribution in [0.1, 0.15) is 24.2 Å². The summed E-state index contributed by atoms with van der Waals surface area (Å²) in [6.07, 6.45) is 0. The third kappa shape index (κ3) is 4.55. The molecule has 0 aromatic heterocycles. The Bertz CT molecular complexity index is 658. The van der Waals surface area contributed by atoms with E-state index >= 15 is 0 Å². The Hall–Kier alpha value is -0.860. The summed E-state index contributed by atoms with van der Waals surface area (Å²) in [5, 5.41) is 8.58. The summed E-state index contributed by atoms with van der Waals surface area (Å²) in [7, 11) is -2.62. The largest absolute Gasteiger partial charge is 0.478 e. The monoisotopic (exact) mass is 355 g/mol. The van der Waals surface area contributed by atoms with Crippen molar-refractivity contribution in [2.24, 2.45) is 0 Å². The number of ether oxygens (including phenoxy) is 1. The van der Waals surface area contributed by atoms with Crippen molar-refractivity contribution in [2.75, 3.05) is 13.7 Å². The van der Waals surface area contributed by atoms with E-state index in [1.54, 1.807) is 13.8 Å². The fraction of sp³-hybridized carbons (Fsp3) is 0.417. The van der Waals surface area contributed by atoms with Crippen LogP contribution in [0, 0.1) is 0 Å². The van der Waals surface area contributed by atoms with Crippen LogP contribution < -0.4 is 4.72 Å². The molecule has 1 aromatic carbocycles. The van der Waals surface area contributed by atoms with E-state index in [4.69, 9.17) is 33.0 Å². The number of hydrogen-bond acceptors (Lipinski definition) is 4. The zero-order valence-electron chi connectivity index (χ0n) is 11.6. The van der Waals surface area contributed by atoms with Crippen molar-refractivity contribution in [1.29, 1.82) is 0 Å². The first-order valence-electron chi connectivity index (χ1n) is 5.75. The molecule has 0 unspecified atom stereocenters. The van der Waals surface area contributed by atoms with Crippen LogP contribution in [-0.2, 0) is 14.8 Å². The number of aromatic carboxylic acids is 1. The summed E-state index contributed by atoms with van der Waals surface area (Å²) < 4.78 is 32.1. The molecule has 118 valence electrons. The molecule has 2 N–H and O–H groups in total. The smallest absolute Gasteiger partial charge is 0.337 e. The summed E-state index contributed by atoms with van der Waals surface area (Å²) in [5.74, 6) is -1.37. The van der Waals surface area contributed by atoms with Gasteiger partial charge in [0.1, 0.15) is 4.90 Å². The second-order valence-electron chi connectivity index (χ2n) is 4.99. The number of sulfonamides is 1. The second kappa shape index (κ2) is 6.50. The zero-order chi connectivity index (χ0) is 16.4. The molecule has 0 radical (unpaired) electrons. The standard InChI is InChI=1S/C12H15Cl2NO5S/c1-12(2,6-20-3)15-21(18,19)9-5-7(13)4-8(10(9)14)11(16)17/h4-5,15H,6H2,1-3H3,(H,16,17). The molecule has 0 fully saturated rings. The maximum atomic E-state index is 12.4. The van der Waals surface area contributed by atoms with Crippen molar-refractivity contribution >= 4 is 39.2 Å². The van der Waals surface area contributed by atoms with Crippen LogP contribution in [0.4, 0.5) is 0 Å². The van der Waals surface area contributed by atoms with Crippen molar-refractivity contribution in [1.82, 2.24) is 4.72 Å². The van der Waals surface area contributed by atoms with Crippen LogP contribution in [0.25, 0.3) is 0 Å². The molecule has 1 rings (SSSR count). The highest BCUT2D eigenvalue weighted by molar-refractivity contribution is 7.89. The predicted octanol–water partition coefficient (Wildman–Crippen LogP) is 2.39. The van der Waals surface area contributed by atoms with Gasteiger partial charge in [-0.1, -0.05) is 23.2 Å². The molecular formula is C12H15Cl2NO5S. The van der Waals surface area contributed by atoms with Crippen LogP contribution in [0.5, 0.6) is 0 Å². The van der Waals surface area contributed by atoms with Gasteiger partial charge in [-0.25, -0.2) is 17.9 Å². The Morgan fingerprint density at radius 2 is 1.95 bits per heavy atom. The van der Waals surface area contributed by atoms with Gasteiger partial charge in [0, 0.05) is 12.1 Å². The predicted molar refractivity (Wildman–Crippen MR) is 79.7 cm³/mol. The number of carboxylic acid groups (broad SMARTS) is 1. The lowest BCUT2D eigenvalue weighted by atomic mass is 10.1. The quantitative estimate of drug-likeness (QED) is 0.817. The SMILES string of the molecule is COCC(C)(C)NS(=O)(=O)c1cc(Cl)cc(C(=O)O)c1Cl. The van der Waals surface area contributed by atoms with E-state index in [-0.39, 0.29) is 17.2 Å². The summed E-state index contributed by atoms with van der Waals surface area (Å²) in [6.45, 7) is 3.35. The molecule has 0 saturated heterocycles. The van der Waals surface area contributed by atoms with Crippen LogP contribution in [0.2, 0.25) is 10.0 Å². The minimum atomic E-state index is -4.06. The highest BCUT2D eigenvalue weighted by atomic mass is 35.5. The first-order chi connectivity index (χ1) is 9.50. The molecule has 0 atom stereocenters. The maximum Gasteiger partial charge on any atom is 0.337 e. The van der Waals surface area contributed by atoms with Crippen molar-refractivity contribution < 1.29 is 23.1 Å². The number of nitrogens with one attached hydrogen (secondary N) is 1. The van der Waals surface area contributed by atoms with E-state index in [1.807, 2.05) is 0 Å². The summed E-state index contributed by atoms with van der Waals surface area (Å²) in [5.41, 5.74) is -1.28. The third-order valence-corrected chi connectivity index (χ3v) is 4.90. The normalized spacial score (nSPS) is 12.4. The molecule has 0 amide bonds. The van der Waals surface area contributed by atoms with Crippen LogP contribution >= 0.6 is 23.2 Å². The van der Waals surface area contributed by atoms with Gasteiger partial charge in [0.15, 0.2) is 0 Å². The summed E-state index contributed by atoms with van der Waals surface area (Å²) in [4.78, 5) is 10.7. The van der Waals surface area contributed by atoms with E-state index in [2.05, 4.69) is 4.72 Å². The molecule has 0 saturated carbocycles. The number of hydrogen-bond donors (Lipinski definition) is 2. The first kappa shape index (κ1) is 18.2. The van der Waals surface area contributed by atoms with Gasteiger partial charge in [-0.05, 0) is 26.0 Å². The van der Waals surface area contributed by atoms with Gasteiger partial charge < -0.3 is 9.84 Å². The Morgan fingerprint density at radius 3 is 2.43 bits per heavy atom. The molecule has 0 heterocycles. The van der Waals surface area contributed by atoms with E-state index < -0.39 is 31.4 Å². The Labute approximate surface area is 133 Å². The summed E-state index contributed by atoms with van der Waals surface area (Å²) in [6, 6.07) is 2.19. The van der Waals surface area contributed by atoms with E-state index in [9.17, 15) is 13.2 Å². The van der Waals surface area contributed by atoms with Crippen molar-refractivity contribution in [3.05, 3.63) is 27.7 Å². The summed E-state index contributed by atoms with van der Waals surface area (Å²) >= 11 is 11.6. The number of halogens is 2. The molecule has 9 heteroatoms.